The van der Waals surface area contributed by atoms with Crippen LogP contribution in [0.5, 0.6) is 0 Å². The molecule has 7 heavy (non-hydrogen) atoms. The second-order valence-electron chi connectivity index (χ2n) is 1.17. The molecule has 1 N–H and O–H groups in total. The van der Waals surface area contributed by atoms with E-state index in [1.54, 1.807) is 6.92 Å². The predicted molar refractivity (Wildman–Crippen MR) is 29.9 cm³/mol. The van der Waals surface area contributed by atoms with E-state index >= 15 is 0 Å². The SMILES string of the molecule is C=C(C)/C(Cl)=N/O. The van der Waals surface area contributed by atoms with Crippen molar-refractivity contribution >= 4 is 16.8 Å². The molecule has 0 rings (SSSR count). The first-order valence-corrected chi connectivity index (χ1v) is 2.09. The predicted octanol–water partition coefficient (Wildman–Crippen LogP) is 1.59. The first-order valence-electron chi connectivity index (χ1n) is 1.72. The molecule has 0 amide bonds. The molecule has 3 heteroatoms. The van der Waals surface area contributed by atoms with E-state index in [9.17, 15) is 0 Å². The molecular formula is C4H6ClNO. The van der Waals surface area contributed by atoms with Crippen molar-refractivity contribution in [3.05, 3.63) is 12.2 Å². The van der Waals surface area contributed by atoms with Crippen LogP contribution in [-0.2, 0) is 0 Å². The maximum Gasteiger partial charge on any atom is 0.170 e. The summed E-state index contributed by atoms with van der Waals surface area (Å²) in [6, 6.07) is 0. The van der Waals surface area contributed by atoms with Gasteiger partial charge in [0.05, 0.1) is 0 Å². The highest BCUT2D eigenvalue weighted by Gasteiger charge is 1.89. The van der Waals surface area contributed by atoms with Crippen LogP contribution in [0.1, 0.15) is 6.92 Å². The van der Waals surface area contributed by atoms with E-state index in [4.69, 9.17) is 16.8 Å². The Morgan fingerprint density at radius 3 is 2.29 bits per heavy atom. The van der Waals surface area contributed by atoms with Crippen LogP contribution in [-0.4, -0.2) is 10.4 Å². The molecule has 0 aliphatic rings. The largest absolute Gasteiger partial charge is 0.410 e. The molecule has 0 unspecified atom stereocenters. The number of nitrogens with zero attached hydrogens (tertiary/aromatic N) is 1. The minimum atomic E-state index is 0.0556. The molecule has 0 saturated heterocycles. The Labute approximate surface area is 47.1 Å². The number of rotatable bonds is 1. The lowest BCUT2D eigenvalue weighted by atomic mass is 10.4. The Hall–Kier alpha value is -0.500. The summed E-state index contributed by atoms with van der Waals surface area (Å²) in [5.41, 5.74) is 0.559. The molecule has 0 aromatic heterocycles. The first kappa shape index (κ1) is 6.50. The van der Waals surface area contributed by atoms with Crippen LogP contribution < -0.4 is 0 Å². The summed E-state index contributed by atoms with van der Waals surface area (Å²) in [5.74, 6) is 0. The molecule has 0 bridgehead atoms. The zero-order valence-corrected chi connectivity index (χ0v) is 4.74. The van der Waals surface area contributed by atoms with Crippen molar-refractivity contribution in [2.75, 3.05) is 0 Å². The van der Waals surface area contributed by atoms with Gasteiger partial charge in [-0.25, -0.2) is 0 Å². The fourth-order valence-corrected chi connectivity index (χ4v) is 0.0854. The van der Waals surface area contributed by atoms with E-state index in [2.05, 4.69) is 11.7 Å². The van der Waals surface area contributed by atoms with Crippen molar-refractivity contribution in [2.45, 2.75) is 6.92 Å². The highest BCUT2D eigenvalue weighted by atomic mass is 35.5. The van der Waals surface area contributed by atoms with Gasteiger partial charge in [-0.15, -0.1) is 0 Å². The van der Waals surface area contributed by atoms with Gasteiger partial charge in [0, 0.05) is 0 Å². The molecule has 0 aliphatic heterocycles. The zero-order chi connectivity index (χ0) is 5.86. The fourth-order valence-electron chi connectivity index (χ4n) is 0.0854. The standard InChI is InChI=1S/C4H6ClNO/c1-3(2)4(5)6-7/h7H,1H2,2H3/b6-4-. The smallest absolute Gasteiger partial charge is 0.170 e. The Morgan fingerprint density at radius 2 is 2.29 bits per heavy atom. The van der Waals surface area contributed by atoms with Gasteiger partial charge in [-0.1, -0.05) is 23.3 Å². The van der Waals surface area contributed by atoms with Crippen LogP contribution in [0.15, 0.2) is 17.3 Å². The third-order valence-electron chi connectivity index (χ3n) is 0.440. The van der Waals surface area contributed by atoms with Crippen molar-refractivity contribution in [1.82, 2.24) is 0 Å². The number of hydrogen-bond acceptors (Lipinski definition) is 2. The van der Waals surface area contributed by atoms with Gasteiger partial charge < -0.3 is 5.21 Å². The Morgan fingerprint density at radius 1 is 1.86 bits per heavy atom. The third-order valence-corrected chi connectivity index (χ3v) is 0.838. The van der Waals surface area contributed by atoms with Crippen molar-refractivity contribution < 1.29 is 5.21 Å². The van der Waals surface area contributed by atoms with E-state index < -0.39 is 0 Å². The van der Waals surface area contributed by atoms with Gasteiger partial charge in [0.25, 0.3) is 0 Å². The van der Waals surface area contributed by atoms with Gasteiger partial charge in [0.1, 0.15) is 0 Å². The van der Waals surface area contributed by atoms with E-state index in [-0.39, 0.29) is 5.17 Å². The highest BCUT2D eigenvalue weighted by Crippen LogP contribution is 1.95. The monoisotopic (exact) mass is 119 g/mol. The maximum atomic E-state index is 7.90. The molecule has 0 heterocycles. The van der Waals surface area contributed by atoms with Crippen molar-refractivity contribution in [3.8, 4) is 0 Å². The minimum absolute atomic E-state index is 0.0556. The van der Waals surface area contributed by atoms with E-state index in [0.717, 1.165) is 0 Å². The van der Waals surface area contributed by atoms with Gasteiger partial charge in [-0.05, 0) is 12.5 Å². The van der Waals surface area contributed by atoms with Gasteiger partial charge in [0.2, 0.25) is 0 Å². The zero-order valence-electron chi connectivity index (χ0n) is 3.98. The van der Waals surface area contributed by atoms with Crippen LogP contribution >= 0.6 is 11.6 Å². The van der Waals surface area contributed by atoms with Crippen LogP contribution in [0, 0.1) is 0 Å². The van der Waals surface area contributed by atoms with Crippen LogP contribution in [0.4, 0.5) is 0 Å². The Balaban J connectivity index is 3.82. The van der Waals surface area contributed by atoms with Gasteiger partial charge >= 0.3 is 0 Å². The molecule has 0 radical (unpaired) electrons. The number of hydrogen-bond donors (Lipinski definition) is 1. The summed E-state index contributed by atoms with van der Waals surface area (Å²) in [7, 11) is 0. The number of halogens is 1. The molecule has 0 spiro atoms. The lowest BCUT2D eigenvalue weighted by Gasteiger charge is -1.85. The summed E-state index contributed by atoms with van der Waals surface area (Å²) in [6.45, 7) is 5.06. The van der Waals surface area contributed by atoms with Crippen LogP contribution in [0.2, 0.25) is 0 Å². The summed E-state index contributed by atoms with van der Waals surface area (Å²) in [5, 5.41) is 10.6. The summed E-state index contributed by atoms with van der Waals surface area (Å²) < 4.78 is 0. The van der Waals surface area contributed by atoms with Gasteiger partial charge in [0.15, 0.2) is 5.17 Å². The third kappa shape index (κ3) is 2.23. The molecule has 0 aromatic rings. The maximum absolute atomic E-state index is 7.90. The van der Waals surface area contributed by atoms with Crippen LogP contribution in [0.25, 0.3) is 0 Å². The topological polar surface area (TPSA) is 32.6 Å². The van der Waals surface area contributed by atoms with Crippen molar-refractivity contribution in [1.29, 1.82) is 0 Å². The second-order valence-corrected chi connectivity index (χ2v) is 1.53. The molecule has 0 saturated carbocycles. The average molecular weight is 120 g/mol. The molecular weight excluding hydrogens is 114 g/mol. The van der Waals surface area contributed by atoms with E-state index in [0.29, 0.717) is 5.57 Å². The average Bonchev–Trinajstić information content (AvgIpc) is 1.65. The molecule has 0 aliphatic carbocycles. The summed E-state index contributed by atoms with van der Waals surface area (Å²) in [4.78, 5) is 0. The summed E-state index contributed by atoms with van der Waals surface area (Å²) >= 11 is 5.20. The van der Waals surface area contributed by atoms with Crippen molar-refractivity contribution in [2.24, 2.45) is 5.16 Å². The Bertz CT molecular complexity index is 108. The quantitative estimate of drug-likeness (QED) is 0.317. The molecule has 0 fully saturated rings. The fraction of sp³-hybridized carbons (Fsp3) is 0.250. The van der Waals surface area contributed by atoms with Gasteiger partial charge in [-0.2, -0.15) is 0 Å². The lowest BCUT2D eigenvalue weighted by Crippen LogP contribution is -1.84. The minimum Gasteiger partial charge on any atom is -0.410 e. The highest BCUT2D eigenvalue weighted by molar-refractivity contribution is 6.69. The Kier molecular flexibility index (Phi) is 2.45. The molecule has 2 nitrogen and oxygen atoms in total. The van der Waals surface area contributed by atoms with E-state index in [1.165, 1.54) is 0 Å². The summed E-state index contributed by atoms with van der Waals surface area (Å²) in [6.07, 6.45) is 0. The van der Waals surface area contributed by atoms with Crippen LogP contribution in [0.3, 0.4) is 0 Å². The second kappa shape index (κ2) is 2.64. The number of allylic oxidation sites excluding steroid dienone is 1. The van der Waals surface area contributed by atoms with Crippen molar-refractivity contribution in [3.63, 3.8) is 0 Å². The number of oxime groups is 1. The molecule has 0 aromatic carbocycles. The molecule has 0 atom stereocenters. The lowest BCUT2D eigenvalue weighted by molar-refractivity contribution is 0.320. The molecule has 40 valence electrons. The van der Waals surface area contributed by atoms with E-state index in [1.807, 2.05) is 0 Å². The normalized spacial score (nSPS) is 11.4. The van der Waals surface area contributed by atoms with Gasteiger partial charge in [-0.3, -0.25) is 0 Å². The first-order chi connectivity index (χ1) is 3.18.